The monoisotopic (exact) mass is 316 g/mol. The third kappa shape index (κ3) is 4.03. The Balaban J connectivity index is 2.33. The van der Waals surface area contributed by atoms with Crippen LogP contribution < -0.4 is 5.32 Å². The second kappa shape index (κ2) is 6.56. The summed E-state index contributed by atoms with van der Waals surface area (Å²) >= 11 is 0. The SMILES string of the molecule is CC(=O)NC(=Cc1ccc(-c2cccc([N+](=O)[O-])c2)o1)C(=O)O. The summed E-state index contributed by atoms with van der Waals surface area (Å²) in [5.41, 5.74) is 0.0631. The zero-order chi connectivity index (χ0) is 17.0. The number of carboxylic acids is 1. The van der Waals surface area contributed by atoms with E-state index in [0.717, 1.165) is 6.08 Å². The number of rotatable bonds is 5. The maximum absolute atomic E-state index is 11.0. The first-order chi connectivity index (χ1) is 10.9. The molecule has 1 heterocycles. The van der Waals surface area contributed by atoms with Gasteiger partial charge in [0.25, 0.3) is 5.69 Å². The fraction of sp³-hybridized carbons (Fsp3) is 0.0667. The molecule has 2 N–H and O–H groups in total. The largest absolute Gasteiger partial charge is 0.477 e. The molecule has 118 valence electrons. The highest BCUT2D eigenvalue weighted by Crippen LogP contribution is 2.26. The summed E-state index contributed by atoms with van der Waals surface area (Å²) in [6.45, 7) is 1.19. The van der Waals surface area contributed by atoms with Crippen LogP contribution >= 0.6 is 0 Å². The Kier molecular flexibility index (Phi) is 4.55. The summed E-state index contributed by atoms with van der Waals surface area (Å²) < 4.78 is 5.45. The lowest BCUT2D eigenvalue weighted by Gasteiger charge is -2.01. The molecule has 2 aromatic rings. The van der Waals surface area contributed by atoms with Gasteiger partial charge in [-0.2, -0.15) is 0 Å². The maximum Gasteiger partial charge on any atom is 0.352 e. The second-order valence-electron chi connectivity index (χ2n) is 4.55. The van der Waals surface area contributed by atoms with Crippen LogP contribution in [0.1, 0.15) is 12.7 Å². The number of non-ortho nitro benzene ring substituents is 1. The molecule has 0 spiro atoms. The average Bonchev–Trinajstić information content (AvgIpc) is 2.94. The number of nitrogens with zero attached hydrogens (tertiary/aromatic N) is 1. The van der Waals surface area contributed by atoms with Crippen LogP contribution in [0.25, 0.3) is 17.4 Å². The van der Waals surface area contributed by atoms with Crippen LogP contribution in [0.15, 0.2) is 46.5 Å². The molecule has 0 saturated carbocycles. The van der Waals surface area contributed by atoms with E-state index < -0.39 is 16.8 Å². The van der Waals surface area contributed by atoms with Gasteiger partial charge >= 0.3 is 5.97 Å². The van der Waals surface area contributed by atoms with Gasteiger partial charge in [-0.05, 0) is 12.1 Å². The van der Waals surface area contributed by atoms with E-state index in [2.05, 4.69) is 5.32 Å². The predicted octanol–water partition coefficient (Wildman–Crippen LogP) is 2.42. The summed E-state index contributed by atoms with van der Waals surface area (Å²) in [7, 11) is 0. The van der Waals surface area contributed by atoms with Gasteiger partial charge in [0.05, 0.1) is 4.92 Å². The number of carbonyl (C=O) groups excluding carboxylic acids is 1. The summed E-state index contributed by atoms with van der Waals surface area (Å²) in [4.78, 5) is 32.3. The van der Waals surface area contributed by atoms with Gasteiger partial charge in [-0.3, -0.25) is 14.9 Å². The van der Waals surface area contributed by atoms with Gasteiger partial charge in [-0.1, -0.05) is 12.1 Å². The van der Waals surface area contributed by atoms with Gasteiger partial charge < -0.3 is 14.8 Å². The summed E-state index contributed by atoms with van der Waals surface area (Å²) in [6.07, 6.45) is 1.16. The highest BCUT2D eigenvalue weighted by Gasteiger charge is 2.12. The predicted molar refractivity (Wildman–Crippen MR) is 80.2 cm³/mol. The van der Waals surface area contributed by atoms with Gasteiger partial charge in [0.15, 0.2) is 0 Å². The number of hydrogen-bond donors (Lipinski definition) is 2. The minimum atomic E-state index is -1.31. The van der Waals surface area contributed by atoms with Crippen LogP contribution in [0.5, 0.6) is 0 Å². The molecule has 0 bridgehead atoms. The Morgan fingerprint density at radius 1 is 1.30 bits per heavy atom. The van der Waals surface area contributed by atoms with Crippen molar-refractivity contribution in [2.24, 2.45) is 0 Å². The Morgan fingerprint density at radius 2 is 2.04 bits per heavy atom. The van der Waals surface area contributed by atoms with Crippen molar-refractivity contribution in [2.75, 3.05) is 0 Å². The molecule has 0 aliphatic carbocycles. The fourth-order valence-electron chi connectivity index (χ4n) is 1.84. The number of nitrogens with one attached hydrogen (secondary N) is 1. The van der Waals surface area contributed by atoms with E-state index in [1.165, 1.54) is 31.2 Å². The van der Waals surface area contributed by atoms with Gasteiger partial charge in [0.1, 0.15) is 17.2 Å². The molecule has 0 radical (unpaired) electrons. The minimum Gasteiger partial charge on any atom is -0.477 e. The first-order valence-electron chi connectivity index (χ1n) is 6.44. The Labute approximate surface area is 130 Å². The van der Waals surface area contributed by atoms with Gasteiger partial charge in [0, 0.05) is 30.7 Å². The van der Waals surface area contributed by atoms with Crippen LogP contribution in [0.2, 0.25) is 0 Å². The van der Waals surface area contributed by atoms with Crippen molar-refractivity contribution in [3.8, 4) is 11.3 Å². The van der Waals surface area contributed by atoms with Crippen molar-refractivity contribution in [1.29, 1.82) is 0 Å². The molecule has 8 heteroatoms. The number of nitro groups is 1. The molecule has 0 aliphatic heterocycles. The smallest absolute Gasteiger partial charge is 0.352 e. The minimum absolute atomic E-state index is 0.0829. The van der Waals surface area contributed by atoms with Gasteiger partial charge in [-0.15, -0.1) is 0 Å². The lowest BCUT2D eigenvalue weighted by molar-refractivity contribution is -0.384. The molecule has 1 aromatic carbocycles. The molecule has 0 atom stereocenters. The molecule has 1 amide bonds. The van der Waals surface area contributed by atoms with Crippen molar-refractivity contribution in [2.45, 2.75) is 6.92 Å². The number of hydrogen-bond acceptors (Lipinski definition) is 5. The topological polar surface area (TPSA) is 123 Å². The summed E-state index contributed by atoms with van der Waals surface area (Å²) in [6, 6.07) is 8.90. The number of aliphatic carboxylic acids is 1. The van der Waals surface area contributed by atoms with Crippen LogP contribution in [-0.4, -0.2) is 21.9 Å². The van der Waals surface area contributed by atoms with E-state index in [1.807, 2.05) is 0 Å². The zero-order valence-corrected chi connectivity index (χ0v) is 12.0. The lowest BCUT2D eigenvalue weighted by atomic mass is 10.1. The maximum atomic E-state index is 11.0. The highest BCUT2D eigenvalue weighted by molar-refractivity contribution is 5.96. The summed E-state index contributed by atoms with van der Waals surface area (Å²) in [5, 5.41) is 22.0. The van der Waals surface area contributed by atoms with E-state index >= 15 is 0 Å². The third-order valence-corrected chi connectivity index (χ3v) is 2.80. The van der Waals surface area contributed by atoms with E-state index in [9.17, 15) is 19.7 Å². The molecule has 0 saturated heterocycles. The van der Waals surface area contributed by atoms with Gasteiger partial charge in [0.2, 0.25) is 5.91 Å². The molecule has 1 aromatic heterocycles. The van der Waals surface area contributed by atoms with Crippen LogP contribution in [0.3, 0.4) is 0 Å². The molecule has 0 unspecified atom stereocenters. The Morgan fingerprint density at radius 3 is 2.65 bits per heavy atom. The van der Waals surface area contributed by atoms with Crippen molar-refractivity contribution in [3.63, 3.8) is 0 Å². The molecule has 23 heavy (non-hydrogen) atoms. The first-order valence-corrected chi connectivity index (χ1v) is 6.44. The quantitative estimate of drug-likeness (QED) is 0.496. The van der Waals surface area contributed by atoms with E-state index in [0.29, 0.717) is 11.3 Å². The van der Waals surface area contributed by atoms with Gasteiger partial charge in [-0.25, -0.2) is 4.79 Å². The van der Waals surface area contributed by atoms with Crippen molar-refractivity contribution in [3.05, 3.63) is 58.0 Å². The lowest BCUT2D eigenvalue weighted by Crippen LogP contribution is -2.24. The normalized spacial score (nSPS) is 11.1. The summed E-state index contributed by atoms with van der Waals surface area (Å²) in [5.74, 6) is -1.30. The van der Waals surface area contributed by atoms with E-state index in [1.54, 1.807) is 12.1 Å². The molecule has 0 aliphatic rings. The van der Waals surface area contributed by atoms with Crippen LogP contribution in [-0.2, 0) is 9.59 Å². The second-order valence-corrected chi connectivity index (χ2v) is 4.55. The van der Waals surface area contributed by atoms with E-state index in [-0.39, 0.29) is 17.1 Å². The molecule has 2 rings (SSSR count). The standard InChI is InChI=1S/C15H12N2O6/c1-9(18)16-13(15(19)20)8-12-5-6-14(23-12)10-3-2-4-11(7-10)17(21)22/h2-8H,1H3,(H,16,18)(H,19,20). The van der Waals surface area contributed by atoms with Crippen LogP contribution in [0.4, 0.5) is 5.69 Å². The molecule has 8 nitrogen and oxygen atoms in total. The number of furan rings is 1. The zero-order valence-electron chi connectivity index (χ0n) is 12.0. The molecule has 0 fully saturated rings. The Bertz CT molecular complexity index is 806. The highest BCUT2D eigenvalue weighted by atomic mass is 16.6. The number of carbonyl (C=O) groups is 2. The van der Waals surface area contributed by atoms with Crippen molar-refractivity contribution >= 4 is 23.6 Å². The molecular formula is C15H12N2O6. The molecular weight excluding hydrogens is 304 g/mol. The first kappa shape index (κ1) is 16.0. The van der Waals surface area contributed by atoms with Crippen molar-refractivity contribution < 1.29 is 24.0 Å². The van der Waals surface area contributed by atoms with Crippen molar-refractivity contribution in [1.82, 2.24) is 5.32 Å². The number of carboxylic acid groups (broad SMARTS) is 1. The number of amides is 1. The third-order valence-electron chi connectivity index (χ3n) is 2.80. The van der Waals surface area contributed by atoms with E-state index in [4.69, 9.17) is 9.52 Å². The Hall–Kier alpha value is -3.42. The fourth-order valence-corrected chi connectivity index (χ4v) is 1.84. The number of benzene rings is 1. The number of nitro benzene ring substituents is 1. The van der Waals surface area contributed by atoms with Crippen LogP contribution in [0, 0.1) is 10.1 Å². The average molecular weight is 316 g/mol.